The first-order valence-electron chi connectivity index (χ1n) is 4.48. The molecule has 0 aliphatic rings. The summed E-state index contributed by atoms with van der Waals surface area (Å²) in [7, 11) is 0. The number of aryl methyl sites for hydroxylation is 1. The van der Waals surface area contributed by atoms with Gasteiger partial charge in [0.1, 0.15) is 0 Å². The van der Waals surface area contributed by atoms with Gasteiger partial charge in [0.25, 0.3) is 5.69 Å². The Morgan fingerprint density at radius 2 is 2.18 bits per heavy atom. The van der Waals surface area contributed by atoms with Crippen molar-refractivity contribution in [3.8, 4) is 0 Å². The van der Waals surface area contributed by atoms with E-state index in [0.717, 1.165) is 10.0 Å². The van der Waals surface area contributed by atoms with E-state index in [1.165, 1.54) is 12.3 Å². The second kappa shape index (κ2) is 5.39. The summed E-state index contributed by atoms with van der Waals surface area (Å²) in [6.07, 6.45) is 1.22. The third-order valence-electron chi connectivity index (χ3n) is 1.87. The lowest BCUT2D eigenvalue weighted by Gasteiger charge is -2.01. The maximum absolute atomic E-state index is 10.8. The smallest absolute Gasteiger partial charge is 0.278 e. The second-order valence-corrected chi connectivity index (χ2v) is 4.04. The largest absolute Gasteiger partial charge is 0.369 e. The van der Waals surface area contributed by atoms with Crippen LogP contribution in [0.1, 0.15) is 11.1 Å². The quantitative estimate of drug-likeness (QED) is 0.378. The Kier molecular flexibility index (Phi) is 4.16. The fourth-order valence-electron chi connectivity index (χ4n) is 1.10. The zero-order valence-corrected chi connectivity index (χ0v) is 10.5. The number of nitrogens with zero attached hydrogens (tertiary/aromatic N) is 3. The molecule has 0 amide bonds. The van der Waals surface area contributed by atoms with Gasteiger partial charge in [-0.15, -0.1) is 5.10 Å². The summed E-state index contributed by atoms with van der Waals surface area (Å²) in [5.74, 6) is -0.213. The standard InChI is InChI=1S/C9H10BrN5O2/c1-5-2-8(15(16)17)6(3-7(5)10)4-13-14-9(11)12/h2-4H,1H3,(H4,11,12,14)/b13-4+. The summed E-state index contributed by atoms with van der Waals surface area (Å²) in [5, 5.41) is 17.7. The minimum Gasteiger partial charge on any atom is -0.369 e. The lowest BCUT2D eigenvalue weighted by atomic mass is 10.1. The normalized spacial score (nSPS) is 10.5. The van der Waals surface area contributed by atoms with Gasteiger partial charge in [0, 0.05) is 10.5 Å². The molecular formula is C9H10BrN5O2. The van der Waals surface area contributed by atoms with Crippen molar-refractivity contribution in [1.29, 1.82) is 0 Å². The van der Waals surface area contributed by atoms with Crippen molar-refractivity contribution >= 4 is 33.8 Å². The fraction of sp³-hybridized carbons (Fsp3) is 0.111. The first-order valence-corrected chi connectivity index (χ1v) is 5.27. The van der Waals surface area contributed by atoms with Gasteiger partial charge in [-0.25, -0.2) is 0 Å². The third-order valence-corrected chi connectivity index (χ3v) is 2.73. The lowest BCUT2D eigenvalue weighted by molar-refractivity contribution is -0.385. The number of guanidine groups is 1. The van der Waals surface area contributed by atoms with Crippen LogP contribution in [0, 0.1) is 17.0 Å². The summed E-state index contributed by atoms with van der Waals surface area (Å²) in [4.78, 5) is 10.3. The lowest BCUT2D eigenvalue weighted by Crippen LogP contribution is -2.21. The SMILES string of the molecule is Cc1cc([N+](=O)[O-])c(/C=N/N=C(N)N)cc1Br. The number of hydrogen-bond acceptors (Lipinski definition) is 4. The number of hydrogen-bond donors (Lipinski definition) is 2. The molecule has 1 aromatic rings. The molecule has 0 bridgehead atoms. The number of nitro benzene ring substituents is 1. The Bertz CT molecular complexity index is 508. The van der Waals surface area contributed by atoms with Crippen molar-refractivity contribution in [3.05, 3.63) is 37.8 Å². The molecule has 1 aromatic carbocycles. The van der Waals surface area contributed by atoms with E-state index < -0.39 is 4.92 Å². The topological polar surface area (TPSA) is 120 Å². The van der Waals surface area contributed by atoms with Crippen molar-refractivity contribution in [2.75, 3.05) is 0 Å². The molecular weight excluding hydrogens is 290 g/mol. The van der Waals surface area contributed by atoms with Gasteiger partial charge in [-0.1, -0.05) is 15.9 Å². The maximum atomic E-state index is 10.8. The van der Waals surface area contributed by atoms with Crippen LogP contribution in [0.5, 0.6) is 0 Å². The van der Waals surface area contributed by atoms with Crippen molar-refractivity contribution in [1.82, 2.24) is 0 Å². The van der Waals surface area contributed by atoms with Crippen LogP contribution in [0.15, 0.2) is 26.8 Å². The van der Waals surface area contributed by atoms with Gasteiger partial charge in [-0.3, -0.25) is 10.1 Å². The molecule has 7 nitrogen and oxygen atoms in total. The van der Waals surface area contributed by atoms with E-state index in [9.17, 15) is 10.1 Å². The first kappa shape index (κ1) is 13.1. The summed E-state index contributed by atoms with van der Waals surface area (Å²) < 4.78 is 0.745. The summed E-state index contributed by atoms with van der Waals surface area (Å²) in [5.41, 5.74) is 11.2. The van der Waals surface area contributed by atoms with Gasteiger partial charge in [0.05, 0.1) is 16.7 Å². The van der Waals surface area contributed by atoms with E-state index in [4.69, 9.17) is 11.5 Å². The zero-order chi connectivity index (χ0) is 13.0. The van der Waals surface area contributed by atoms with Gasteiger partial charge in [0.15, 0.2) is 0 Å². The molecule has 0 saturated heterocycles. The first-order chi connectivity index (χ1) is 7.91. The molecule has 0 fully saturated rings. The minimum atomic E-state index is -0.490. The fourth-order valence-corrected chi connectivity index (χ4v) is 1.46. The molecule has 90 valence electrons. The monoisotopic (exact) mass is 299 g/mol. The van der Waals surface area contributed by atoms with Crippen LogP contribution in [-0.2, 0) is 0 Å². The molecule has 1 rings (SSSR count). The maximum Gasteiger partial charge on any atom is 0.278 e. The summed E-state index contributed by atoms with van der Waals surface area (Å²) >= 11 is 3.28. The van der Waals surface area contributed by atoms with Crippen molar-refractivity contribution in [2.45, 2.75) is 6.92 Å². The average molecular weight is 300 g/mol. The molecule has 0 unspecified atom stereocenters. The van der Waals surface area contributed by atoms with E-state index in [1.54, 1.807) is 13.0 Å². The van der Waals surface area contributed by atoms with Gasteiger partial charge < -0.3 is 11.5 Å². The molecule has 0 aliphatic carbocycles. The number of rotatable bonds is 3. The predicted molar refractivity (Wildman–Crippen MR) is 68.9 cm³/mol. The van der Waals surface area contributed by atoms with E-state index in [1.807, 2.05) is 0 Å². The second-order valence-electron chi connectivity index (χ2n) is 3.19. The van der Waals surface area contributed by atoms with Gasteiger partial charge in [0.2, 0.25) is 5.96 Å². The van der Waals surface area contributed by atoms with Crippen LogP contribution < -0.4 is 11.5 Å². The Hall–Kier alpha value is -1.96. The Morgan fingerprint density at radius 1 is 1.53 bits per heavy atom. The molecule has 4 N–H and O–H groups in total. The molecule has 8 heteroatoms. The molecule has 17 heavy (non-hydrogen) atoms. The Morgan fingerprint density at radius 3 is 2.71 bits per heavy atom. The number of nitrogens with two attached hydrogens (primary N) is 2. The molecule has 0 aromatic heterocycles. The van der Waals surface area contributed by atoms with Crippen LogP contribution >= 0.6 is 15.9 Å². The zero-order valence-electron chi connectivity index (χ0n) is 8.92. The molecule has 0 radical (unpaired) electrons. The predicted octanol–water partition coefficient (Wildman–Crippen LogP) is 1.27. The van der Waals surface area contributed by atoms with Crippen LogP contribution in [0.2, 0.25) is 0 Å². The average Bonchev–Trinajstić information content (AvgIpc) is 2.22. The highest BCUT2D eigenvalue weighted by molar-refractivity contribution is 9.10. The minimum absolute atomic E-state index is 0.0553. The van der Waals surface area contributed by atoms with Crippen LogP contribution in [0.3, 0.4) is 0 Å². The van der Waals surface area contributed by atoms with Crippen molar-refractivity contribution in [3.63, 3.8) is 0 Å². The highest BCUT2D eigenvalue weighted by Crippen LogP contribution is 2.25. The van der Waals surface area contributed by atoms with Gasteiger partial charge >= 0.3 is 0 Å². The molecule has 0 atom stereocenters. The van der Waals surface area contributed by atoms with Crippen LogP contribution in [0.4, 0.5) is 5.69 Å². The number of halogens is 1. The third kappa shape index (κ3) is 3.52. The van der Waals surface area contributed by atoms with E-state index in [0.29, 0.717) is 5.56 Å². The van der Waals surface area contributed by atoms with E-state index in [-0.39, 0.29) is 11.6 Å². The molecule has 0 heterocycles. The number of nitro groups is 1. The Balaban J connectivity index is 3.22. The number of benzene rings is 1. The highest BCUT2D eigenvalue weighted by atomic mass is 79.9. The van der Waals surface area contributed by atoms with Gasteiger partial charge in [-0.05, 0) is 18.6 Å². The van der Waals surface area contributed by atoms with Crippen molar-refractivity contribution in [2.24, 2.45) is 21.7 Å². The molecule has 0 saturated carbocycles. The molecule has 0 aliphatic heterocycles. The van der Waals surface area contributed by atoms with Crippen LogP contribution in [-0.4, -0.2) is 17.1 Å². The molecule has 0 spiro atoms. The van der Waals surface area contributed by atoms with Crippen LogP contribution in [0.25, 0.3) is 0 Å². The Labute approximate surface area is 105 Å². The summed E-state index contributed by atoms with van der Waals surface area (Å²) in [6.45, 7) is 1.76. The highest BCUT2D eigenvalue weighted by Gasteiger charge is 2.14. The van der Waals surface area contributed by atoms with E-state index >= 15 is 0 Å². The van der Waals surface area contributed by atoms with Crippen molar-refractivity contribution < 1.29 is 4.92 Å². The van der Waals surface area contributed by atoms with Gasteiger partial charge in [-0.2, -0.15) is 5.10 Å². The van der Waals surface area contributed by atoms with E-state index in [2.05, 4.69) is 26.1 Å². The summed E-state index contributed by atoms with van der Waals surface area (Å²) in [6, 6.07) is 3.03.